The second-order valence-electron chi connectivity index (χ2n) is 8.21. The van der Waals surface area contributed by atoms with Gasteiger partial charge in [-0.2, -0.15) is 0 Å². The Kier molecular flexibility index (Phi) is 6.98. The van der Waals surface area contributed by atoms with Gasteiger partial charge in [0.15, 0.2) is 0 Å². The molecule has 0 spiro atoms. The monoisotopic (exact) mass is 449 g/mol. The first-order valence-corrected chi connectivity index (χ1v) is 10.8. The van der Waals surface area contributed by atoms with Gasteiger partial charge in [-0.05, 0) is 37.4 Å². The number of hydrogen-bond acceptors (Lipinski definition) is 6. The Morgan fingerprint density at radius 3 is 2.58 bits per heavy atom. The van der Waals surface area contributed by atoms with Gasteiger partial charge in [-0.3, -0.25) is 0 Å². The van der Waals surface area contributed by atoms with E-state index in [9.17, 15) is 14.6 Å². The van der Waals surface area contributed by atoms with Crippen molar-refractivity contribution in [2.45, 2.75) is 19.2 Å². The van der Waals surface area contributed by atoms with Crippen LogP contribution in [-0.2, 0) is 13.2 Å². The summed E-state index contributed by atoms with van der Waals surface area (Å²) in [6.07, 6.45) is 3.49. The van der Waals surface area contributed by atoms with Crippen LogP contribution in [0.25, 0.3) is 22.2 Å². The Hall–Kier alpha value is -3.33. The summed E-state index contributed by atoms with van der Waals surface area (Å²) in [6, 6.07) is 14.0. The predicted octanol–water partition coefficient (Wildman–Crippen LogP) is 3.44. The number of aliphatic hydroxyl groups is 2. The molecule has 0 aliphatic carbocycles. The third-order valence-corrected chi connectivity index (χ3v) is 5.66. The molecule has 2 aromatic carbocycles. The lowest BCUT2D eigenvalue weighted by molar-refractivity contribution is 0.275. The second-order valence-corrected chi connectivity index (χ2v) is 8.21. The number of nitrogens with zero attached hydrogens (tertiary/aromatic N) is 4. The Labute approximate surface area is 192 Å². The molecule has 2 heterocycles. The van der Waals surface area contributed by atoms with Crippen LogP contribution < -0.4 is 5.32 Å². The van der Waals surface area contributed by atoms with E-state index >= 15 is 0 Å². The van der Waals surface area contributed by atoms with Gasteiger partial charge in [-0.1, -0.05) is 36.4 Å². The second kappa shape index (κ2) is 10.1. The molecule has 0 saturated carbocycles. The van der Waals surface area contributed by atoms with Gasteiger partial charge in [-0.25, -0.2) is 14.4 Å². The molecule has 4 aromatic rings. The molecule has 0 fully saturated rings. The minimum absolute atomic E-state index is 0.114. The highest BCUT2D eigenvalue weighted by Gasteiger charge is 2.20. The molecule has 3 N–H and O–H groups in total. The van der Waals surface area contributed by atoms with Crippen LogP contribution in [0.2, 0.25) is 0 Å². The first kappa shape index (κ1) is 22.8. The van der Waals surface area contributed by atoms with Gasteiger partial charge in [0.05, 0.1) is 24.6 Å². The number of hydrogen-bond donors (Lipinski definition) is 3. The number of aliphatic hydroxyl groups excluding tert-OH is 2. The van der Waals surface area contributed by atoms with Crippen molar-refractivity contribution in [3.63, 3.8) is 0 Å². The largest absolute Gasteiger partial charge is 0.394 e. The number of benzene rings is 2. The maximum Gasteiger partial charge on any atom is 0.146 e. The van der Waals surface area contributed by atoms with Gasteiger partial charge >= 0.3 is 0 Å². The van der Waals surface area contributed by atoms with E-state index in [-0.39, 0.29) is 24.8 Å². The molecule has 4 rings (SSSR count). The van der Waals surface area contributed by atoms with Crippen LogP contribution in [0.15, 0.2) is 61.1 Å². The number of aromatic nitrogens is 3. The SMILES string of the molecule is CN(C)CCn1cc(-c2ccc(F)c(CO)c2)c2c(N[C@H](CO)c3ccccc3)ncnc21. The zero-order valence-corrected chi connectivity index (χ0v) is 18.7. The fourth-order valence-corrected chi connectivity index (χ4v) is 3.88. The maximum atomic E-state index is 14.1. The summed E-state index contributed by atoms with van der Waals surface area (Å²) < 4.78 is 16.1. The molecule has 0 saturated heterocycles. The number of rotatable bonds is 9. The van der Waals surface area contributed by atoms with Crippen molar-refractivity contribution < 1.29 is 14.6 Å². The van der Waals surface area contributed by atoms with E-state index < -0.39 is 5.82 Å². The van der Waals surface area contributed by atoms with Crippen molar-refractivity contribution in [1.82, 2.24) is 19.4 Å². The quantitative estimate of drug-likeness (QED) is 0.363. The van der Waals surface area contributed by atoms with Gasteiger partial charge < -0.3 is 25.0 Å². The van der Waals surface area contributed by atoms with E-state index in [1.54, 1.807) is 12.1 Å². The summed E-state index contributed by atoms with van der Waals surface area (Å²) in [6.45, 7) is 1.01. The van der Waals surface area contributed by atoms with E-state index in [0.29, 0.717) is 12.4 Å². The number of likely N-dealkylation sites (N-methyl/N-ethyl adjacent to an activating group) is 1. The van der Waals surface area contributed by atoms with Crippen molar-refractivity contribution in [1.29, 1.82) is 0 Å². The molecule has 0 aliphatic heterocycles. The van der Waals surface area contributed by atoms with E-state index in [4.69, 9.17) is 0 Å². The molecule has 33 heavy (non-hydrogen) atoms. The van der Waals surface area contributed by atoms with Crippen LogP contribution in [-0.4, -0.2) is 56.9 Å². The molecule has 0 radical (unpaired) electrons. The Bertz CT molecular complexity index is 1230. The lowest BCUT2D eigenvalue weighted by atomic mass is 10.0. The molecule has 7 nitrogen and oxygen atoms in total. The van der Waals surface area contributed by atoms with Crippen LogP contribution in [0.4, 0.5) is 10.2 Å². The number of fused-ring (bicyclic) bond motifs is 1. The fraction of sp³-hybridized carbons (Fsp3) is 0.280. The number of nitrogens with one attached hydrogen (secondary N) is 1. The van der Waals surface area contributed by atoms with Gasteiger partial charge in [0.1, 0.15) is 23.6 Å². The smallest absolute Gasteiger partial charge is 0.146 e. The minimum Gasteiger partial charge on any atom is -0.394 e. The highest BCUT2D eigenvalue weighted by atomic mass is 19.1. The molecule has 8 heteroatoms. The maximum absolute atomic E-state index is 14.1. The van der Waals surface area contributed by atoms with Crippen LogP contribution in [0, 0.1) is 5.82 Å². The van der Waals surface area contributed by atoms with Crippen molar-refractivity contribution in [2.75, 3.05) is 32.6 Å². The van der Waals surface area contributed by atoms with Crippen molar-refractivity contribution in [3.05, 3.63) is 78.0 Å². The summed E-state index contributed by atoms with van der Waals surface area (Å²) in [5, 5.41) is 23.8. The molecular weight excluding hydrogens is 421 g/mol. The van der Waals surface area contributed by atoms with Crippen LogP contribution in [0.5, 0.6) is 0 Å². The molecule has 0 unspecified atom stereocenters. The lowest BCUT2D eigenvalue weighted by Crippen LogP contribution is -2.18. The van der Waals surface area contributed by atoms with Gasteiger partial charge in [0.25, 0.3) is 0 Å². The van der Waals surface area contributed by atoms with E-state index in [2.05, 4.69) is 24.8 Å². The van der Waals surface area contributed by atoms with Crippen molar-refractivity contribution in [3.8, 4) is 11.1 Å². The molecule has 1 atom stereocenters. The van der Waals surface area contributed by atoms with E-state index in [1.807, 2.05) is 50.6 Å². The summed E-state index contributed by atoms with van der Waals surface area (Å²) in [4.78, 5) is 11.1. The lowest BCUT2D eigenvalue weighted by Gasteiger charge is -2.18. The summed E-state index contributed by atoms with van der Waals surface area (Å²) >= 11 is 0. The number of halogens is 1. The first-order valence-electron chi connectivity index (χ1n) is 10.8. The molecule has 0 amide bonds. The van der Waals surface area contributed by atoms with Crippen molar-refractivity contribution >= 4 is 16.9 Å². The normalized spacial score (nSPS) is 12.4. The van der Waals surface area contributed by atoms with Crippen molar-refractivity contribution in [2.24, 2.45) is 0 Å². The van der Waals surface area contributed by atoms with E-state index in [0.717, 1.165) is 34.3 Å². The van der Waals surface area contributed by atoms with Gasteiger partial charge in [-0.15, -0.1) is 0 Å². The molecule has 172 valence electrons. The van der Waals surface area contributed by atoms with Crippen LogP contribution in [0.3, 0.4) is 0 Å². The first-order chi connectivity index (χ1) is 16.0. The standard InChI is InChI=1S/C25H28FN5O2/c1-30(2)10-11-31-13-20(18-8-9-21(26)19(12-18)14-32)23-24(27-16-28-25(23)31)29-22(15-33)17-6-4-3-5-7-17/h3-9,12-13,16,22,32-33H,10-11,14-15H2,1-2H3,(H,27,28,29)/t22-/m1/s1. The van der Waals surface area contributed by atoms with Crippen LogP contribution >= 0.6 is 0 Å². The molecular formula is C25H28FN5O2. The highest BCUT2D eigenvalue weighted by Crippen LogP contribution is 2.36. The average Bonchev–Trinajstić information content (AvgIpc) is 3.21. The molecule has 0 aliphatic rings. The summed E-state index contributed by atoms with van der Waals surface area (Å²) in [7, 11) is 4.02. The zero-order valence-electron chi connectivity index (χ0n) is 18.7. The van der Waals surface area contributed by atoms with Gasteiger partial charge in [0, 0.05) is 30.4 Å². The third kappa shape index (κ3) is 4.88. The van der Waals surface area contributed by atoms with Crippen LogP contribution in [0.1, 0.15) is 17.2 Å². The topological polar surface area (TPSA) is 86.4 Å². The average molecular weight is 450 g/mol. The fourth-order valence-electron chi connectivity index (χ4n) is 3.88. The summed E-state index contributed by atoms with van der Waals surface area (Å²) in [5.74, 6) is 0.132. The third-order valence-electron chi connectivity index (χ3n) is 5.66. The highest BCUT2D eigenvalue weighted by molar-refractivity contribution is 6.01. The Balaban J connectivity index is 1.85. The molecule has 0 bridgehead atoms. The predicted molar refractivity (Wildman–Crippen MR) is 127 cm³/mol. The minimum atomic E-state index is -0.448. The zero-order chi connectivity index (χ0) is 23.4. The number of anilines is 1. The Morgan fingerprint density at radius 2 is 1.88 bits per heavy atom. The summed E-state index contributed by atoms with van der Waals surface area (Å²) in [5.41, 5.74) is 3.48. The Morgan fingerprint density at radius 1 is 1.09 bits per heavy atom. The molecule has 2 aromatic heterocycles. The van der Waals surface area contributed by atoms with Gasteiger partial charge in [0.2, 0.25) is 0 Å². The van der Waals surface area contributed by atoms with E-state index in [1.165, 1.54) is 12.4 Å².